The predicted octanol–water partition coefficient (Wildman–Crippen LogP) is -0.159. The van der Waals surface area contributed by atoms with Crippen molar-refractivity contribution in [3.8, 4) is 18.1 Å². The van der Waals surface area contributed by atoms with E-state index in [1.807, 2.05) is 12.1 Å². The number of amides is 3. The normalized spacial score (nSPS) is 30.7. The summed E-state index contributed by atoms with van der Waals surface area (Å²) < 4.78 is 11.2. The van der Waals surface area contributed by atoms with E-state index < -0.39 is 29.6 Å². The number of rotatable bonds is 6. The van der Waals surface area contributed by atoms with Crippen molar-refractivity contribution in [2.24, 2.45) is 11.8 Å². The summed E-state index contributed by atoms with van der Waals surface area (Å²) in [7, 11) is 3.10. The van der Waals surface area contributed by atoms with Crippen molar-refractivity contribution in [1.82, 2.24) is 15.5 Å². The Labute approximate surface area is 174 Å². The predicted molar refractivity (Wildman–Crippen MR) is 107 cm³/mol. The third-order valence-corrected chi connectivity index (χ3v) is 6.06. The molecule has 0 saturated carbocycles. The zero-order valence-electron chi connectivity index (χ0n) is 16.8. The molecule has 0 unspecified atom stereocenters. The third-order valence-electron chi connectivity index (χ3n) is 6.06. The van der Waals surface area contributed by atoms with E-state index in [0.717, 1.165) is 11.3 Å². The second-order valence-electron chi connectivity index (χ2n) is 7.55. The van der Waals surface area contributed by atoms with Gasteiger partial charge in [0.1, 0.15) is 17.4 Å². The largest absolute Gasteiger partial charge is 0.497 e. The summed E-state index contributed by atoms with van der Waals surface area (Å²) in [6, 6.07) is 6.35. The van der Waals surface area contributed by atoms with Crippen molar-refractivity contribution >= 4 is 17.7 Å². The number of nitrogens with zero attached hydrogens (tertiary/aromatic N) is 1. The fourth-order valence-corrected chi connectivity index (χ4v) is 4.73. The van der Waals surface area contributed by atoms with Crippen molar-refractivity contribution in [2.75, 3.05) is 20.7 Å². The molecule has 3 aliphatic heterocycles. The highest BCUT2D eigenvalue weighted by Gasteiger charge is 2.72. The standard InChI is InChI=1S/C22H23N3O5/c1-4-11-25-18(20(27)24-12-13-5-7-14(29-3)8-6-13)22-10-9-15(30-22)16(19(26)23-2)17(22)21(25)28/h1,5-10,15-18H,11-12H2,2-3H3,(H,23,26)(H,24,27)/t15-,16+,17+,18-,22+/m1/s1. The fourth-order valence-electron chi connectivity index (χ4n) is 4.73. The average molecular weight is 409 g/mol. The number of carbonyl (C=O) groups is 3. The van der Waals surface area contributed by atoms with E-state index in [2.05, 4.69) is 16.6 Å². The SMILES string of the molecule is C#CCN1C(=O)[C@@H]2[C@@H](C(=O)NC)[C@H]3C=C[C@@]2(O3)[C@H]1C(=O)NCc1ccc(OC)cc1. The molecule has 8 nitrogen and oxygen atoms in total. The maximum Gasteiger partial charge on any atom is 0.246 e. The van der Waals surface area contributed by atoms with Crippen LogP contribution >= 0.6 is 0 Å². The van der Waals surface area contributed by atoms with E-state index in [1.165, 1.54) is 11.9 Å². The summed E-state index contributed by atoms with van der Waals surface area (Å²) in [6.45, 7) is 0.226. The van der Waals surface area contributed by atoms with Crippen molar-refractivity contribution in [3.63, 3.8) is 0 Å². The Morgan fingerprint density at radius 3 is 2.67 bits per heavy atom. The Morgan fingerprint density at radius 2 is 2.03 bits per heavy atom. The van der Waals surface area contributed by atoms with Gasteiger partial charge < -0.3 is 25.0 Å². The van der Waals surface area contributed by atoms with Crippen LogP contribution in [-0.4, -0.2) is 61.1 Å². The van der Waals surface area contributed by atoms with Gasteiger partial charge in [0.15, 0.2) is 0 Å². The van der Waals surface area contributed by atoms with Crippen LogP contribution in [0.4, 0.5) is 0 Å². The number of ether oxygens (including phenoxy) is 2. The summed E-state index contributed by atoms with van der Waals surface area (Å²) in [6.07, 6.45) is 8.43. The van der Waals surface area contributed by atoms with Gasteiger partial charge in [-0.2, -0.15) is 0 Å². The van der Waals surface area contributed by atoms with Crippen LogP contribution in [0.15, 0.2) is 36.4 Å². The molecule has 0 radical (unpaired) electrons. The maximum atomic E-state index is 13.2. The van der Waals surface area contributed by atoms with E-state index in [9.17, 15) is 14.4 Å². The molecule has 2 saturated heterocycles. The van der Waals surface area contributed by atoms with Gasteiger partial charge in [-0.25, -0.2) is 0 Å². The molecule has 3 heterocycles. The van der Waals surface area contributed by atoms with Gasteiger partial charge in [-0.1, -0.05) is 30.2 Å². The molecular weight excluding hydrogens is 386 g/mol. The Hall–Kier alpha value is -3.31. The second kappa shape index (κ2) is 7.50. The molecule has 1 aromatic carbocycles. The monoisotopic (exact) mass is 409 g/mol. The minimum absolute atomic E-state index is 0.0416. The summed E-state index contributed by atoms with van der Waals surface area (Å²) in [5, 5.41) is 5.47. The highest BCUT2D eigenvalue weighted by molar-refractivity contribution is 5.99. The first kappa shape index (κ1) is 20.0. The van der Waals surface area contributed by atoms with Crippen molar-refractivity contribution in [2.45, 2.75) is 24.3 Å². The first-order chi connectivity index (χ1) is 14.5. The Balaban J connectivity index is 1.60. The molecule has 4 rings (SSSR count). The Bertz CT molecular complexity index is 951. The first-order valence-corrected chi connectivity index (χ1v) is 9.70. The summed E-state index contributed by atoms with van der Waals surface area (Å²) >= 11 is 0. The van der Waals surface area contributed by atoms with E-state index >= 15 is 0 Å². The lowest BCUT2D eigenvalue weighted by Crippen LogP contribution is -2.54. The van der Waals surface area contributed by atoms with E-state index in [0.29, 0.717) is 0 Å². The van der Waals surface area contributed by atoms with Gasteiger partial charge in [0, 0.05) is 13.6 Å². The number of benzene rings is 1. The number of hydrogen-bond acceptors (Lipinski definition) is 5. The molecular formula is C22H23N3O5. The lowest BCUT2D eigenvalue weighted by Gasteiger charge is -2.31. The van der Waals surface area contributed by atoms with Gasteiger partial charge in [0.2, 0.25) is 17.7 Å². The van der Waals surface area contributed by atoms with E-state index in [1.54, 1.807) is 31.4 Å². The van der Waals surface area contributed by atoms with Gasteiger partial charge in [0.25, 0.3) is 0 Å². The number of carbonyl (C=O) groups excluding carboxylic acids is 3. The van der Waals surface area contributed by atoms with Crippen LogP contribution in [0, 0.1) is 24.2 Å². The van der Waals surface area contributed by atoms with Crippen LogP contribution in [-0.2, 0) is 25.7 Å². The summed E-state index contributed by atoms with van der Waals surface area (Å²) in [5.74, 6) is 0.697. The number of terminal acetylenes is 1. The number of methoxy groups -OCH3 is 1. The fraction of sp³-hybridized carbons (Fsp3) is 0.409. The lowest BCUT2D eigenvalue weighted by atomic mass is 9.74. The molecule has 156 valence electrons. The Morgan fingerprint density at radius 1 is 1.30 bits per heavy atom. The molecule has 2 N–H and O–H groups in total. The molecule has 5 atom stereocenters. The summed E-state index contributed by atoms with van der Waals surface area (Å²) in [5.41, 5.74) is -0.318. The van der Waals surface area contributed by atoms with Crippen molar-refractivity contribution in [3.05, 3.63) is 42.0 Å². The van der Waals surface area contributed by atoms with Crippen molar-refractivity contribution in [1.29, 1.82) is 0 Å². The van der Waals surface area contributed by atoms with Gasteiger partial charge in [0.05, 0.1) is 31.6 Å². The zero-order valence-corrected chi connectivity index (χ0v) is 16.8. The van der Waals surface area contributed by atoms with Crippen LogP contribution in [0.25, 0.3) is 0 Å². The molecule has 2 bridgehead atoms. The molecule has 1 aromatic rings. The molecule has 3 aliphatic rings. The van der Waals surface area contributed by atoms with Crippen LogP contribution in [0.2, 0.25) is 0 Å². The first-order valence-electron chi connectivity index (χ1n) is 9.70. The zero-order chi connectivity index (χ0) is 21.5. The number of fused-ring (bicyclic) bond motifs is 1. The molecule has 8 heteroatoms. The van der Waals surface area contributed by atoms with Gasteiger partial charge in [-0.3, -0.25) is 14.4 Å². The number of hydrogen-bond donors (Lipinski definition) is 2. The van der Waals surface area contributed by atoms with Gasteiger partial charge >= 0.3 is 0 Å². The molecule has 0 aromatic heterocycles. The second-order valence-corrected chi connectivity index (χ2v) is 7.55. The third kappa shape index (κ3) is 2.85. The minimum Gasteiger partial charge on any atom is -0.497 e. The highest BCUT2D eigenvalue weighted by atomic mass is 16.5. The Kier molecular flexibility index (Phi) is 5.00. The number of likely N-dealkylation sites (tertiary alicyclic amines) is 1. The lowest BCUT2D eigenvalue weighted by molar-refractivity contribution is -0.141. The quantitative estimate of drug-likeness (QED) is 0.503. The van der Waals surface area contributed by atoms with Crippen LogP contribution < -0.4 is 15.4 Å². The highest BCUT2D eigenvalue weighted by Crippen LogP contribution is 2.54. The molecule has 1 spiro atoms. The van der Waals surface area contributed by atoms with E-state index in [4.69, 9.17) is 15.9 Å². The molecule has 3 amide bonds. The number of nitrogens with one attached hydrogen (secondary N) is 2. The van der Waals surface area contributed by atoms with Gasteiger partial charge in [-0.05, 0) is 17.7 Å². The van der Waals surface area contributed by atoms with Crippen LogP contribution in [0.1, 0.15) is 5.56 Å². The van der Waals surface area contributed by atoms with Crippen molar-refractivity contribution < 1.29 is 23.9 Å². The maximum absolute atomic E-state index is 13.2. The van der Waals surface area contributed by atoms with E-state index in [-0.39, 0.29) is 30.8 Å². The smallest absolute Gasteiger partial charge is 0.246 e. The molecule has 2 fully saturated rings. The molecule has 0 aliphatic carbocycles. The molecule has 30 heavy (non-hydrogen) atoms. The van der Waals surface area contributed by atoms with Gasteiger partial charge in [-0.15, -0.1) is 6.42 Å². The minimum atomic E-state index is -1.19. The topological polar surface area (TPSA) is 97.0 Å². The van der Waals surface area contributed by atoms with Crippen LogP contribution in [0.5, 0.6) is 5.75 Å². The average Bonchev–Trinajstić information content (AvgIpc) is 3.40. The summed E-state index contributed by atoms with van der Waals surface area (Å²) in [4.78, 5) is 40.2. The van der Waals surface area contributed by atoms with Crippen LogP contribution in [0.3, 0.4) is 0 Å².